The second-order valence-corrected chi connectivity index (χ2v) is 5.58. The lowest BCUT2D eigenvalue weighted by Crippen LogP contribution is -2.06. The maximum Gasteiger partial charge on any atom is 0.275 e. The number of aromatic nitrogens is 2. The van der Waals surface area contributed by atoms with Gasteiger partial charge in [-0.1, -0.05) is 12.1 Å². The first-order chi connectivity index (χ1) is 10.5. The fourth-order valence-corrected chi connectivity index (χ4v) is 3.05. The molecule has 5 nitrogen and oxygen atoms in total. The second kappa shape index (κ2) is 5.26. The zero-order valence-corrected chi connectivity index (χ0v) is 12.8. The Bertz CT molecular complexity index is 881. The molecule has 0 amide bonds. The van der Waals surface area contributed by atoms with E-state index < -0.39 is 0 Å². The number of benzene rings is 2. The topological polar surface area (TPSA) is 61.0 Å². The van der Waals surface area contributed by atoms with Crippen LogP contribution in [0, 0.1) is 30.9 Å². The van der Waals surface area contributed by atoms with Gasteiger partial charge in [-0.3, -0.25) is 10.1 Å². The Labute approximate surface area is 128 Å². The number of nitrogens with zero attached hydrogens (tertiary/aromatic N) is 3. The minimum absolute atomic E-state index is 0.213. The van der Waals surface area contributed by atoms with Gasteiger partial charge in [0.2, 0.25) is 0 Å². The molecular formula is C17H17N3O2. The van der Waals surface area contributed by atoms with Crippen molar-refractivity contribution in [3.63, 3.8) is 0 Å². The highest BCUT2D eigenvalue weighted by atomic mass is 16.6. The lowest BCUT2D eigenvalue weighted by atomic mass is 9.97. The van der Waals surface area contributed by atoms with E-state index in [0.717, 1.165) is 27.7 Å². The zero-order chi connectivity index (χ0) is 15.9. The molecule has 1 aromatic heterocycles. The van der Waals surface area contributed by atoms with Gasteiger partial charge in [0.15, 0.2) is 0 Å². The van der Waals surface area contributed by atoms with Crippen LogP contribution >= 0.6 is 0 Å². The minimum atomic E-state index is -0.292. The molecule has 2 aromatic carbocycles. The maximum absolute atomic E-state index is 11.3. The van der Waals surface area contributed by atoms with Crippen molar-refractivity contribution < 1.29 is 4.92 Å². The SMILES string of the molecule is Cc1cc(C)c([N+](=O)[O-])c(C)c1Cn1cnc2ccccc21. The Morgan fingerprint density at radius 2 is 1.91 bits per heavy atom. The molecule has 0 aliphatic rings. The molecule has 0 saturated heterocycles. The highest BCUT2D eigenvalue weighted by Crippen LogP contribution is 2.29. The van der Waals surface area contributed by atoms with Crippen molar-refractivity contribution in [1.82, 2.24) is 9.55 Å². The highest BCUT2D eigenvalue weighted by Gasteiger charge is 2.20. The van der Waals surface area contributed by atoms with Crippen molar-refractivity contribution in [2.45, 2.75) is 27.3 Å². The summed E-state index contributed by atoms with van der Waals surface area (Å²) in [5.74, 6) is 0. The van der Waals surface area contributed by atoms with Gasteiger partial charge in [0.1, 0.15) is 0 Å². The van der Waals surface area contributed by atoms with Gasteiger partial charge in [-0.05, 0) is 50.1 Å². The average molecular weight is 295 g/mol. The third-order valence-electron chi connectivity index (χ3n) is 4.13. The van der Waals surface area contributed by atoms with Gasteiger partial charge in [0.05, 0.1) is 22.3 Å². The molecule has 3 aromatic rings. The average Bonchev–Trinajstić information content (AvgIpc) is 2.86. The first-order valence-electron chi connectivity index (χ1n) is 7.13. The predicted octanol–water partition coefficient (Wildman–Crippen LogP) is 3.92. The number of nitro groups is 1. The molecule has 0 N–H and O–H groups in total. The van der Waals surface area contributed by atoms with E-state index in [1.807, 2.05) is 48.7 Å². The van der Waals surface area contributed by atoms with Gasteiger partial charge in [-0.25, -0.2) is 4.98 Å². The summed E-state index contributed by atoms with van der Waals surface area (Å²) < 4.78 is 2.03. The molecule has 0 spiro atoms. The van der Waals surface area contributed by atoms with Crippen LogP contribution in [0.5, 0.6) is 0 Å². The fraction of sp³-hybridized carbons (Fsp3) is 0.235. The van der Waals surface area contributed by atoms with Crippen LogP contribution in [-0.2, 0) is 6.54 Å². The van der Waals surface area contributed by atoms with Crippen molar-refractivity contribution in [2.75, 3.05) is 0 Å². The summed E-state index contributed by atoms with van der Waals surface area (Å²) in [6.07, 6.45) is 1.79. The lowest BCUT2D eigenvalue weighted by molar-refractivity contribution is -0.386. The van der Waals surface area contributed by atoms with Crippen molar-refractivity contribution in [3.8, 4) is 0 Å². The number of hydrogen-bond acceptors (Lipinski definition) is 3. The van der Waals surface area contributed by atoms with Gasteiger partial charge in [-0.2, -0.15) is 0 Å². The van der Waals surface area contributed by atoms with Crippen molar-refractivity contribution >= 4 is 16.7 Å². The first-order valence-corrected chi connectivity index (χ1v) is 7.13. The van der Waals surface area contributed by atoms with E-state index >= 15 is 0 Å². The standard InChI is InChI=1S/C17H17N3O2/c1-11-8-12(2)17(20(21)22)13(3)14(11)9-19-10-18-15-6-4-5-7-16(15)19/h4-8,10H,9H2,1-3H3. The largest absolute Gasteiger partial charge is 0.326 e. The van der Waals surface area contributed by atoms with Gasteiger partial charge in [-0.15, -0.1) is 0 Å². The van der Waals surface area contributed by atoms with Crippen molar-refractivity contribution in [1.29, 1.82) is 0 Å². The van der Waals surface area contributed by atoms with Gasteiger partial charge in [0, 0.05) is 17.7 Å². The number of nitro benzene ring substituents is 1. The molecule has 0 unspecified atom stereocenters. The first kappa shape index (κ1) is 14.3. The Morgan fingerprint density at radius 1 is 1.18 bits per heavy atom. The number of fused-ring (bicyclic) bond motifs is 1. The van der Waals surface area contributed by atoms with Crippen molar-refractivity contribution in [2.24, 2.45) is 0 Å². The number of rotatable bonds is 3. The van der Waals surface area contributed by atoms with E-state index in [2.05, 4.69) is 4.98 Å². The number of aryl methyl sites for hydroxylation is 2. The molecule has 0 bridgehead atoms. The Kier molecular flexibility index (Phi) is 3.41. The van der Waals surface area contributed by atoms with Crippen molar-refractivity contribution in [3.05, 3.63) is 69.0 Å². The molecule has 22 heavy (non-hydrogen) atoms. The molecule has 3 rings (SSSR count). The van der Waals surface area contributed by atoms with Gasteiger partial charge < -0.3 is 4.57 Å². The van der Waals surface area contributed by atoms with E-state index in [1.54, 1.807) is 13.3 Å². The molecule has 0 aliphatic carbocycles. The van der Waals surface area contributed by atoms with E-state index in [-0.39, 0.29) is 10.6 Å². The summed E-state index contributed by atoms with van der Waals surface area (Å²) in [5.41, 5.74) is 5.67. The molecule has 0 atom stereocenters. The molecule has 5 heteroatoms. The smallest absolute Gasteiger partial charge is 0.275 e. The molecular weight excluding hydrogens is 278 g/mol. The maximum atomic E-state index is 11.3. The van der Waals surface area contributed by atoms with Crippen LogP contribution in [0.4, 0.5) is 5.69 Å². The van der Waals surface area contributed by atoms with E-state index in [0.29, 0.717) is 12.1 Å². The van der Waals surface area contributed by atoms with Crippen LogP contribution < -0.4 is 0 Å². The minimum Gasteiger partial charge on any atom is -0.326 e. The summed E-state index contributed by atoms with van der Waals surface area (Å²) in [5, 5.41) is 11.3. The Morgan fingerprint density at radius 3 is 2.64 bits per heavy atom. The van der Waals surface area contributed by atoms with E-state index in [4.69, 9.17) is 0 Å². The van der Waals surface area contributed by atoms with E-state index in [1.165, 1.54) is 0 Å². The lowest BCUT2D eigenvalue weighted by Gasteiger charge is -2.13. The van der Waals surface area contributed by atoms with Gasteiger partial charge in [0.25, 0.3) is 5.69 Å². The quantitative estimate of drug-likeness (QED) is 0.543. The summed E-state index contributed by atoms with van der Waals surface area (Å²) in [6.45, 7) is 6.19. The van der Waals surface area contributed by atoms with Crippen LogP contribution in [-0.4, -0.2) is 14.5 Å². The predicted molar refractivity (Wildman–Crippen MR) is 86.1 cm³/mol. The van der Waals surface area contributed by atoms with Crippen LogP contribution in [0.15, 0.2) is 36.7 Å². The van der Waals surface area contributed by atoms with Crippen LogP contribution in [0.3, 0.4) is 0 Å². The fourth-order valence-electron chi connectivity index (χ4n) is 3.05. The number of para-hydroxylation sites is 2. The highest BCUT2D eigenvalue weighted by molar-refractivity contribution is 5.75. The Hall–Kier alpha value is -2.69. The van der Waals surface area contributed by atoms with Crippen LogP contribution in [0.1, 0.15) is 22.3 Å². The second-order valence-electron chi connectivity index (χ2n) is 5.58. The van der Waals surface area contributed by atoms with Crippen LogP contribution in [0.25, 0.3) is 11.0 Å². The summed E-state index contributed by atoms with van der Waals surface area (Å²) in [7, 11) is 0. The number of hydrogen-bond donors (Lipinski definition) is 0. The van der Waals surface area contributed by atoms with Crippen LogP contribution in [0.2, 0.25) is 0 Å². The third kappa shape index (κ3) is 2.24. The molecule has 0 saturated carbocycles. The zero-order valence-electron chi connectivity index (χ0n) is 12.8. The van der Waals surface area contributed by atoms with E-state index in [9.17, 15) is 10.1 Å². The summed E-state index contributed by atoms with van der Waals surface area (Å²) in [4.78, 5) is 15.4. The monoisotopic (exact) mass is 295 g/mol. The molecule has 0 aliphatic heterocycles. The Balaban J connectivity index is 2.13. The molecule has 0 radical (unpaired) electrons. The number of imidazole rings is 1. The summed E-state index contributed by atoms with van der Waals surface area (Å²) in [6, 6.07) is 9.78. The third-order valence-corrected chi connectivity index (χ3v) is 4.13. The van der Waals surface area contributed by atoms with Gasteiger partial charge >= 0.3 is 0 Å². The summed E-state index contributed by atoms with van der Waals surface area (Å²) >= 11 is 0. The normalized spacial score (nSPS) is 11.0. The molecule has 1 heterocycles. The molecule has 112 valence electrons. The molecule has 0 fully saturated rings.